The Morgan fingerprint density at radius 3 is 2.52 bits per heavy atom. The van der Waals surface area contributed by atoms with E-state index in [4.69, 9.17) is 18.9 Å². The number of thiophene rings is 1. The first kappa shape index (κ1) is 24.1. The standard InChI is InChI=1S/C22H24N2O8S/c1-5-29-22(28)17-12(2)18(20(26)24(3)4)33-19(17)23-16(25)11-31-21(27)15-10-30-13-8-6-7-9-14(13)32-15/h6-9,15H,5,10-11H2,1-4H3,(H,23,25). The zero-order chi connectivity index (χ0) is 24.1. The highest BCUT2D eigenvalue weighted by molar-refractivity contribution is 7.18. The van der Waals surface area contributed by atoms with Crippen LogP contribution in [-0.2, 0) is 19.1 Å². The van der Waals surface area contributed by atoms with E-state index in [1.165, 1.54) is 4.90 Å². The van der Waals surface area contributed by atoms with Gasteiger partial charge in [0, 0.05) is 14.1 Å². The maximum absolute atomic E-state index is 12.5. The highest BCUT2D eigenvalue weighted by atomic mass is 32.1. The summed E-state index contributed by atoms with van der Waals surface area (Å²) in [6.45, 7) is 2.72. The van der Waals surface area contributed by atoms with Gasteiger partial charge in [0.15, 0.2) is 18.1 Å². The summed E-state index contributed by atoms with van der Waals surface area (Å²) in [4.78, 5) is 51.3. The predicted octanol–water partition coefficient (Wildman–Crippen LogP) is 2.26. The molecule has 33 heavy (non-hydrogen) atoms. The topological polar surface area (TPSA) is 120 Å². The molecule has 3 rings (SSSR count). The van der Waals surface area contributed by atoms with E-state index in [1.54, 1.807) is 52.2 Å². The van der Waals surface area contributed by atoms with E-state index in [-0.39, 0.29) is 29.7 Å². The van der Waals surface area contributed by atoms with Crippen LogP contribution >= 0.6 is 11.3 Å². The van der Waals surface area contributed by atoms with E-state index in [2.05, 4.69) is 5.32 Å². The molecule has 2 aromatic rings. The van der Waals surface area contributed by atoms with Crippen molar-refractivity contribution in [2.24, 2.45) is 0 Å². The number of carbonyl (C=O) groups excluding carboxylic acids is 4. The van der Waals surface area contributed by atoms with E-state index in [9.17, 15) is 19.2 Å². The number of ether oxygens (including phenoxy) is 4. The third-order valence-corrected chi connectivity index (χ3v) is 5.79. The van der Waals surface area contributed by atoms with Gasteiger partial charge in [0.1, 0.15) is 11.6 Å². The Balaban J connectivity index is 1.67. The first-order valence-corrected chi connectivity index (χ1v) is 10.9. The van der Waals surface area contributed by atoms with Crippen LogP contribution in [0.15, 0.2) is 24.3 Å². The van der Waals surface area contributed by atoms with Gasteiger partial charge in [-0.2, -0.15) is 0 Å². The first-order chi connectivity index (χ1) is 15.7. The van der Waals surface area contributed by atoms with Crippen LogP contribution in [0.3, 0.4) is 0 Å². The average molecular weight is 477 g/mol. The third kappa shape index (κ3) is 5.43. The van der Waals surface area contributed by atoms with Crippen LogP contribution in [0.5, 0.6) is 11.5 Å². The third-order valence-electron chi connectivity index (χ3n) is 4.60. The largest absolute Gasteiger partial charge is 0.485 e. The lowest BCUT2D eigenvalue weighted by Crippen LogP contribution is -2.39. The summed E-state index contributed by atoms with van der Waals surface area (Å²) in [6.07, 6.45) is -1.02. The van der Waals surface area contributed by atoms with Gasteiger partial charge < -0.3 is 29.2 Å². The van der Waals surface area contributed by atoms with Crippen LogP contribution in [0.2, 0.25) is 0 Å². The molecule has 0 fully saturated rings. The Morgan fingerprint density at radius 2 is 1.85 bits per heavy atom. The second-order valence-corrected chi connectivity index (χ2v) is 8.22. The molecule has 1 aromatic heterocycles. The average Bonchev–Trinajstić information content (AvgIpc) is 3.12. The van der Waals surface area contributed by atoms with Crippen molar-refractivity contribution in [3.8, 4) is 11.5 Å². The number of benzene rings is 1. The fourth-order valence-electron chi connectivity index (χ4n) is 2.99. The van der Waals surface area contributed by atoms with Gasteiger partial charge in [-0.05, 0) is 31.5 Å². The molecule has 0 aliphatic carbocycles. The molecule has 0 bridgehead atoms. The van der Waals surface area contributed by atoms with Crippen molar-refractivity contribution in [2.75, 3.05) is 39.2 Å². The number of para-hydroxylation sites is 2. The quantitative estimate of drug-likeness (QED) is 0.604. The van der Waals surface area contributed by atoms with Crippen molar-refractivity contribution >= 4 is 40.1 Å². The molecule has 1 N–H and O–H groups in total. The van der Waals surface area contributed by atoms with Crippen LogP contribution in [0.25, 0.3) is 0 Å². The minimum absolute atomic E-state index is 0.0510. The van der Waals surface area contributed by atoms with Crippen LogP contribution in [0.4, 0.5) is 5.00 Å². The summed E-state index contributed by atoms with van der Waals surface area (Å²) in [7, 11) is 3.16. The Morgan fingerprint density at radius 1 is 1.15 bits per heavy atom. The van der Waals surface area contributed by atoms with E-state index < -0.39 is 30.6 Å². The predicted molar refractivity (Wildman–Crippen MR) is 119 cm³/mol. The molecular weight excluding hydrogens is 452 g/mol. The normalized spacial score (nSPS) is 14.2. The van der Waals surface area contributed by atoms with Gasteiger partial charge in [0.25, 0.3) is 11.8 Å². The number of rotatable bonds is 7. The number of anilines is 1. The summed E-state index contributed by atoms with van der Waals surface area (Å²) in [5.74, 6) is -1.51. The molecule has 10 nitrogen and oxygen atoms in total. The molecule has 1 atom stereocenters. The van der Waals surface area contributed by atoms with Crippen molar-refractivity contribution in [1.29, 1.82) is 0 Å². The van der Waals surface area contributed by atoms with Crippen molar-refractivity contribution in [2.45, 2.75) is 20.0 Å². The maximum Gasteiger partial charge on any atom is 0.351 e. The van der Waals surface area contributed by atoms with E-state index >= 15 is 0 Å². The molecule has 1 unspecified atom stereocenters. The highest BCUT2D eigenvalue weighted by Crippen LogP contribution is 2.34. The van der Waals surface area contributed by atoms with E-state index in [0.29, 0.717) is 21.9 Å². The number of fused-ring (bicyclic) bond motifs is 1. The lowest BCUT2D eigenvalue weighted by Gasteiger charge is -2.24. The van der Waals surface area contributed by atoms with Crippen molar-refractivity contribution < 1.29 is 38.1 Å². The Bertz CT molecular complexity index is 1080. The molecule has 0 radical (unpaired) electrons. The molecule has 176 valence electrons. The van der Waals surface area contributed by atoms with Crippen LogP contribution < -0.4 is 14.8 Å². The Labute approximate surface area is 194 Å². The fraction of sp³-hybridized carbons (Fsp3) is 0.364. The molecule has 2 heterocycles. The number of esters is 2. The summed E-state index contributed by atoms with van der Waals surface area (Å²) >= 11 is 0.951. The maximum atomic E-state index is 12.5. The molecule has 1 aliphatic heterocycles. The molecule has 0 saturated carbocycles. The molecule has 0 spiro atoms. The number of nitrogens with zero attached hydrogens (tertiary/aromatic N) is 1. The monoisotopic (exact) mass is 476 g/mol. The van der Waals surface area contributed by atoms with Crippen LogP contribution in [0, 0.1) is 6.92 Å². The van der Waals surface area contributed by atoms with Gasteiger partial charge in [0.2, 0.25) is 6.10 Å². The Kier molecular flexibility index (Phi) is 7.54. The van der Waals surface area contributed by atoms with E-state index in [1.807, 2.05) is 0 Å². The lowest BCUT2D eigenvalue weighted by atomic mass is 10.1. The van der Waals surface area contributed by atoms with Crippen LogP contribution in [-0.4, -0.2) is 68.7 Å². The second kappa shape index (κ2) is 10.3. The van der Waals surface area contributed by atoms with Gasteiger partial charge in [0.05, 0.1) is 17.0 Å². The number of carbonyl (C=O) groups is 4. The summed E-state index contributed by atoms with van der Waals surface area (Å²) in [6, 6.07) is 6.89. The smallest absolute Gasteiger partial charge is 0.351 e. The second-order valence-electron chi connectivity index (χ2n) is 7.20. The highest BCUT2D eigenvalue weighted by Gasteiger charge is 2.30. The van der Waals surface area contributed by atoms with E-state index in [0.717, 1.165) is 11.3 Å². The zero-order valence-electron chi connectivity index (χ0n) is 18.6. The van der Waals surface area contributed by atoms with Crippen LogP contribution in [0.1, 0.15) is 32.5 Å². The number of hydrogen-bond donors (Lipinski definition) is 1. The van der Waals surface area contributed by atoms with Gasteiger partial charge in [-0.3, -0.25) is 9.59 Å². The molecular formula is C22H24N2O8S. The number of hydrogen-bond acceptors (Lipinski definition) is 9. The van der Waals surface area contributed by atoms with Gasteiger partial charge in [-0.25, -0.2) is 9.59 Å². The SMILES string of the molecule is CCOC(=O)c1c(NC(=O)COC(=O)C2COc3ccccc3O2)sc(C(=O)N(C)C)c1C. The van der Waals surface area contributed by atoms with Crippen molar-refractivity contribution in [3.63, 3.8) is 0 Å². The zero-order valence-corrected chi connectivity index (χ0v) is 19.4. The molecule has 2 amide bonds. The minimum Gasteiger partial charge on any atom is -0.485 e. The summed E-state index contributed by atoms with van der Waals surface area (Å²) in [5.41, 5.74) is 0.489. The summed E-state index contributed by atoms with van der Waals surface area (Å²) < 4.78 is 21.2. The molecule has 1 aromatic carbocycles. The summed E-state index contributed by atoms with van der Waals surface area (Å²) in [5, 5.41) is 2.68. The minimum atomic E-state index is -1.02. The lowest BCUT2D eigenvalue weighted by molar-refractivity contribution is -0.156. The molecule has 11 heteroatoms. The number of nitrogens with one attached hydrogen (secondary N) is 1. The van der Waals surface area contributed by atoms with Gasteiger partial charge in [-0.1, -0.05) is 12.1 Å². The Hall–Kier alpha value is -3.60. The molecule has 1 aliphatic rings. The number of amides is 2. The van der Waals surface area contributed by atoms with Crippen molar-refractivity contribution in [3.05, 3.63) is 40.3 Å². The van der Waals surface area contributed by atoms with Gasteiger partial charge >= 0.3 is 11.9 Å². The fourth-order valence-corrected chi connectivity index (χ4v) is 4.22. The van der Waals surface area contributed by atoms with Gasteiger partial charge in [-0.15, -0.1) is 11.3 Å². The first-order valence-electron chi connectivity index (χ1n) is 10.1. The van der Waals surface area contributed by atoms with Crippen molar-refractivity contribution in [1.82, 2.24) is 4.90 Å². The molecule has 0 saturated heterocycles.